The summed E-state index contributed by atoms with van der Waals surface area (Å²) >= 11 is 3.35. The maximum Gasteiger partial charge on any atom is 0.325 e. The number of carbonyl (C=O) groups is 2. The zero-order valence-electron chi connectivity index (χ0n) is 8.74. The summed E-state index contributed by atoms with van der Waals surface area (Å²) in [5, 5.41) is 2.27. The second kappa shape index (κ2) is 4.25. The first-order valence-corrected chi connectivity index (χ1v) is 5.73. The van der Waals surface area contributed by atoms with Crippen LogP contribution >= 0.6 is 15.9 Å². The van der Waals surface area contributed by atoms with Gasteiger partial charge in [0.15, 0.2) is 0 Å². The fraction of sp³-hybridized carbons (Fsp3) is 0.273. The zero-order valence-corrected chi connectivity index (χ0v) is 10.3. The molecule has 16 heavy (non-hydrogen) atoms. The van der Waals surface area contributed by atoms with Gasteiger partial charge in [-0.1, -0.05) is 28.1 Å². The summed E-state index contributed by atoms with van der Waals surface area (Å²) in [7, 11) is 0. The molecule has 0 saturated carbocycles. The van der Waals surface area contributed by atoms with E-state index >= 15 is 0 Å². The highest BCUT2D eigenvalue weighted by molar-refractivity contribution is 9.10. The summed E-state index contributed by atoms with van der Waals surface area (Å²) < 4.78 is 0.991. The van der Waals surface area contributed by atoms with E-state index in [2.05, 4.69) is 21.2 Å². The lowest BCUT2D eigenvalue weighted by Gasteiger charge is -2.22. The van der Waals surface area contributed by atoms with Gasteiger partial charge in [-0.2, -0.15) is 0 Å². The molecule has 1 aromatic carbocycles. The molecule has 0 aliphatic carbocycles. The molecule has 0 spiro atoms. The number of rotatable bonds is 2. The largest absolute Gasteiger partial charge is 0.325 e. The Morgan fingerprint density at radius 2 is 1.94 bits per heavy atom. The standard InChI is InChI=1S/C11H11BrN2O2/c1-7(8-2-4-9(12)5-3-8)14-6-10(15)13-11(14)16/h2-5,7H,6H2,1H3,(H,13,15,16). The van der Waals surface area contributed by atoms with Crippen molar-refractivity contribution >= 4 is 27.9 Å². The number of nitrogens with one attached hydrogen (secondary N) is 1. The van der Waals surface area contributed by atoms with Gasteiger partial charge in [0, 0.05) is 4.47 Å². The van der Waals surface area contributed by atoms with Crippen molar-refractivity contribution in [2.45, 2.75) is 13.0 Å². The lowest BCUT2D eigenvalue weighted by Crippen LogP contribution is -2.30. The first-order valence-electron chi connectivity index (χ1n) is 4.94. The molecule has 1 saturated heterocycles. The van der Waals surface area contributed by atoms with Crippen LogP contribution in [0.15, 0.2) is 28.7 Å². The van der Waals surface area contributed by atoms with Gasteiger partial charge in [0.25, 0.3) is 0 Å². The molecule has 3 amide bonds. The van der Waals surface area contributed by atoms with Crippen molar-refractivity contribution in [3.63, 3.8) is 0 Å². The van der Waals surface area contributed by atoms with E-state index in [0.29, 0.717) is 0 Å². The Balaban J connectivity index is 2.19. The smallest absolute Gasteiger partial charge is 0.308 e. The Bertz CT molecular complexity index is 430. The van der Waals surface area contributed by atoms with Crippen molar-refractivity contribution in [3.8, 4) is 0 Å². The molecule has 1 fully saturated rings. The lowest BCUT2D eigenvalue weighted by molar-refractivity contribution is -0.118. The van der Waals surface area contributed by atoms with Crippen molar-refractivity contribution in [1.29, 1.82) is 0 Å². The van der Waals surface area contributed by atoms with Crippen molar-refractivity contribution in [3.05, 3.63) is 34.3 Å². The Hall–Kier alpha value is -1.36. The molecule has 1 aliphatic heterocycles. The van der Waals surface area contributed by atoms with Gasteiger partial charge < -0.3 is 4.90 Å². The van der Waals surface area contributed by atoms with Crippen LogP contribution in [0.1, 0.15) is 18.5 Å². The number of urea groups is 1. The fourth-order valence-corrected chi connectivity index (χ4v) is 1.96. The van der Waals surface area contributed by atoms with Crippen LogP contribution in [0.2, 0.25) is 0 Å². The maximum absolute atomic E-state index is 11.5. The minimum absolute atomic E-state index is 0.0976. The molecule has 2 rings (SSSR count). The lowest BCUT2D eigenvalue weighted by atomic mass is 10.1. The van der Waals surface area contributed by atoms with Crippen LogP contribution in [0.4, 0.5) is 4.79 Å². The summed E-state index contributed by atoms with van der Waals surface area (Å²) in [4.78, 5) is 24.0. The summed E-state index contributed by atoms with van der Waals surface area (Å²) in [6.45, 7) is 2.04. The Morgan fingerprint density at radius 1 is 1.31 bits per heavy atom. The molecular weight excluding hydrogens is 272 g/mol. The second-order valence-corrected chi connectivity index (χ2v) is 4.62. The summed E-state index contributed by atoms with van der Waals surface area (Å²) in [5.74, 6) is -0.242. The van der Waals surface area contributed by atoms with Gasteiger partial charge >= 0.3 is 6.03 Å². The molecule has 1 heterocycles. The SMILES string of the molecule is CC(c1ccc(Br)cc1)N1CC(=O)NC1=O. The van der Waals surface area contributed by atoms with Crippen LogP contribution in [-0.2, 0) is 4.79 Å². The van der Waals surface area contributed by atoms with Gasteiger partial charge in [-0.15, -0.1) is 0 Å². The molecule has 1 aromatic rings. The minimum atomic E-state index is -0.319. The molecule has 1 unspecified atom stereocenters. The monoisotopic (exact) mass is 282 g/mol. The second-order valence-electron chi connectivity index (χ2n) is 3.71. The van der Waals surface area contributed by atoms with E-state index < -0.39 is 0 Å². The van der Waals surface area contributed by atoms with E-state index in [-0.39, 0.29) is 24.5 Å². The molecule has 1 atom stereocenters. The number of imide groups is 1. The van der Waals surface area contributed by atoms with Crippen molar-refractivity contribution in [1.82, 2.24) is 10.2 Å². The van der Waals surface area contributed by atoms with Gasteiger partial charge in [-0.3, -0.25) is 10.1 Å². The van der Waals surface area contributed by atoms with E-state index in [1.165, 1.54) is 4.90 Å². The molecule has 5 heteroatoms. The number of hydrogen-bond acceptors (Lipinski definition) is 2. The Labute approximate surface area is 102 Å². The van der Waals surface area contributed by atoms with E-state index in [1.807, 2.05) is 31.2 Å². The van der Waals surface area contributed by atoms with Gasteiger partial charge in [-0.25, -0.2) is 4.79 Å². The van der Waals surface area contributed by atoms with Gasteiger partial charge in [0.1, 0.15) is 6.54 Å². The molecule has 1 N–H and O–H groups in total. The van der Waals surface area contributed by atoms with Crippen molar-refractivity contribution in [2.24, 2.45) is 0 Å². The van der Waals surface area contributed by atoms with Gasteiger partial charge in [0.05, 0.1) is 6.04 Å². The van der Waals surface area contributed by atoms with Crippen LogP contribution in [0.3, 0.4) is 0 Å². The summed E-state index contributed by atoms with van der Waals surface area (Å²) in [5.41, 5.74) is 1.01. The van der Waals surface area contributed by atoms with E-state index in [9.17, 15) is 9.59 Å². The number of benzene rings is 1. The summed E-state index contributed by atoms with van der Waals surface area (Å²) in [6, 6.07) is 7.29. The number of carbonyl (C=O) groups excluding carboxylic acids is 2. The van der Waals surface area contributed by atoms with Crippen LogP contribution < -0.4 is 5.32 Å². The molecule has 0 radical (unpaired) electrons. The average Bonchev–Trinajstić information content (AvgIpc) is 2.58. The third-order valence-electron chi connectivity index (χ3n) is 2.64. The average molecular weight is 283 g/mol. The number of amides is 3. The highest BCUT2D eigenvalue weighted by Gasteiger charge is 2.30. The quantitative estimate of drug-likeness (QED) is 0.845. The van der Waals surface area contributed by atoms with Crippen LogP contribution in [-0.4, -0.2) is 23.4 Å². The zero-order chi connectivity index (χ0) is 11.7. The van der Waals surface area contributed by atoms with Crippen molar-refractivity contribution < 1.29 is 9.59 Å². The topological polar surface area (TPSA) is 49.4 Å². The van der Waals surface area contributed by atoms with E-state index in [0.717, 1.165) is 10.0 Å². The number of nitrogens with zero attached hydrogens (tertiary/aromatic N) is 1. The number of hydrogen-bond donors (Lipinski definition) is 1. The number of halogens is 1. The third-order valence-corrected chi connectivity index (χ3v) is 3.17. The molecular formula is C11H11BrN2O2. The predicted molar refractivity (Wildman–Crippen MR) is 62.8 cm³/mol. The Morgan fingerprint density at radius 3 is 2.44 bits per heavy atom. The fourth-order valence-electron chi connectivity index (χ4n) is 1.69. The molecule has 4 nitrogen and oxygen atoms in total. The van der Waals surface area contributed by atoms with E-state index in [4.69, 9.17) is 0 Å². The van der Waals surface area contributed by atoms with Gasteiger partial charge in [-0.05, 0) is 24.6 Å². The molecule has 0 bridgehead atoms. The third kappa shape index (κ3) is 2.09. The first-order chi connectivity index (χ1) is 7.58. The van der Waals surface area contributed by atoms with Gasteiger partial charge in [0.2, 0.25) is 5.91 Å². The van der Waals surface area contributed by atoms with E-state index in [1.54, 1.807) is 0 Å². The highest BCUT2D eigenvalue weighted by atomic mass is 79.9. The molecule has 0 aromatic heterocycles. The molecule has 84 valence electrons. The Kier molecular flexibility index (Phi) is 2.96. The van der Waals surface area contributed by atoms with Crippen molar-refractivity contribution in [2.75, 3.05) is 6.54 Å². The van der Waals surface area contributed by atoms with Crippen LogP contribution in [0.25, 0.3) is 0 Å². The van der Waals surface area contributed by atoms with Crippen LogP contribution in [0, 0.1) is 0 Å². The minimum Gasteiger partial charge on any atom is -0.308 e. The molecule has 1 aliphatic rings. The summed E-state index contributed by atoms with van der Waals surface area (Å²) in [6.07, 6.45) is 0. The maximum atomic E-state index is 11.5. The highest BCUT2D eigenvalue weighted by Crippen LogP contribution is 2.23. The predicted octanol–water partition coefficient (Wildman–Crippen LogP) is 2.06. The first kappa shape index (κ1) is 11.1. The normalized spacial score (nSPS) is 17.5. The van der Waals surface area contributed by atoms with Crippen LogP contribution in [0.5, 0.6) is 0 Å².